The number of nitrogens with zero attached hydrogens (tertiary/aromatic N) is 4. The van der Waals surface area contributed by atoms with Crippen LogP contribution in [0.15, 0.2) is 48.5 Å². The van der Waals surface area contributed by atoms with Crippen LogP contribution >= 0.6 is 0 Å². The van der Waals surface area contributed by atoms with Crippen molar-refractivity contribution in [3.63, 3.8) is 0 Å². The Kier molecular flexibility index (Phi) is 4.79. The summed E-state index contributed by atoms with van der Waals surface area (Å²) in [7, 11) is 2.01. The Labute approximate surface area is 180 Å². The number of benzene rings is 2. The van der Waals surface area contributed by atoms with Gasteiger partial charge in [-0.1, -0.05) is 18.2 Å². The lowest BCUT2D eigenvalue weighted by atomic mass is 10.0. The number of fused-ring (bicyclic) bond motifs is 2. The molecule has 2 aromatic carbocycles. The summed E-state index contributed by atoms with van der Waals surface area (Å²) in [5.41, 5.74) is 10.6. The minimum atomic E-state index is -0.546. The molecule has 2 unspecified atom stereocenters. The summed E-state index contributed by atoms with van der Waals surface area (Å²) in [5, 5.41) is 11.0. The van der Waals surface area contributed by atoms with Gasteiger partial charge in [0.2, 0.25) is 0 Å². The molecule has 1 fully saturated rings. The van der Waals surface area contributed by atoms with Crippen LogP contribution in [0.1, 0.15) is 23.7 Å². The third-order valence-corrected chi connectivity index (χ3v) is 6.39. The molecular formula is C24H27N5O2. The molecule has 3 heterocycles. The smallest absolute Gasteiger partial charge is 0.253 e. The van der Waals surface area contributed by atoms with Crippen LogP contribution in [0.3, 0.4) is 0 Å². The van der Waals surface area contributed by atoms with Crippen LogP contribution in [0.4, 0.5) is 0 Å². The zero-order valence-electron chi connectivity index (χ0n) is 17.8. The van der Waals surface area contributed by atoms with E-state index in [-0.39, 0.29) is 5.91 Å². The highest BCUT2D eigenvalue weighted by Crippen LogP contribution is 2.30. The van der Waals surface area contributed by atoms with Gasteiger partial charge < -0.3 is 24.9 Å². The number of hydrogen-bond acceptors (Lipinski definition) is 4. The van der Waals surface area contributed by atoms with Gasteiger partial charge in [-0.05, 0) is 43.7 Å². The highest BCUT2D eigenvalue weighted by Gasteiger charge is 2.28. The summed E-state index contributed by atoms with van der Waals surface area (Å²) in [5.74, 6) is 0.805. The number of hydrogen-bond donors (Lipinski definition) is 2. The standard InChI is InChI=1S/C24H27N5O2/c1-3-29-19-7-5-4-6-15(19)13-21(29)23-26-18-12-16(8-9-20(18)27(23)2)24(31)28-11-10-22(30)17(25)14-28/h4-9,12-13,17,22,30H,3,10-11,14,25H2,1-2H3. The Morgan fingerprint density at radius 1 is 1.19 bits per heavy atom. The Morgan fingerprint density at radius 2 is 2.00 bits per heavy atom. The maximum atomic E-state index is 13.0. The lowest BCUT2D eigenvalue weighted by Crippen LogP contribution is -2.53. The molecule has 0 saturated carbocycles. The summed E-state index contributed by atoms with van der Waals surface area (Å²) in [6.07, 6.45) is -0.0417. The van der Waals surface area contributed by atoms with E-state index >= 15 is 0 Å². The molecule has 0 radical (unpaired) electrons. The summed E-state index contributed by atoms with van der Waals surface area (Å²) < 4.78 is 4.35. The van der Waals surface area contributed by atoms with Crippen LogP contribution in [0, 0.1) is 0 Å². The highest BCUT2D eigenvalue weighted by atomic mass is 16.3. The van der Waals surface area contributed by atoms with E-state index in [4.69, 9.17) is 10.7 Å². The predicted molar refractivity (Wildman–Crippen MR) is 122 cm³/mol. The fourth-order valence-corrected chi connectivity index (χ4v) is 4.63. The summed E-state index contributed by atoms with van der Waals surface area (Å²) in [4.78, 5) is 19.7. The van der Waals surface area contributed by atoms with Crippen molar-refractivity contribution in [2.75, 3.05) is 13.1 Å². The number of piperidine rings is 1. The molecule has 1 aliphatic heterocycles. The fourth-order valence-electron chi connectivity index (χ4n) is 4.63. The van der Waals surface area contributed by atoms with Crippen molar-refractivity contribution in [1.82, 2.24) is 19.0 Å². The number of aliphatic hydroxyl groups excluding tert-OH is 1. The first-order valence-corrected chi connectivity index (χ1v) is 10.8. The van der Waals surface area contributed by atoms with E-state index in [9.17, 15) is 9.90 Å². The Bertz CT molecular complexity index is 1290. The van der Waals surface area contributed by atoms with Crippen molar-refractivity contribution in [3.8, 4) is 11.5 Å². The van der Waals surface area contributed by atoms with E-state index in [2.05, 4.69) is 40.3 Å². The van der Waals surface area contributed by atoms with E-state index < -0.39 is 12.1 Å². The number of aryl methyl sites for hydroxylation is 2. The number of carbonyl (C=O) groups is 1. The number of amides is 1. The number of rotatable bonds is 3. The molecule has 2 atom stereocenters. The molecule has 7 heteroatoms. The molecule has 0 bridgehead atoms. The maximum Gasteiger partial charge on any atom is 0.253 e. The monoisotopic (exact) mass is 417 g/mol. The first kappa shape index (κ1) is 19.8. The highest BCUT2D eigenvalue weighted by molar-refractivity contribution is 5.98. The third-order valence-electron chi connectivity index (χ3n) is 6.39. The lowest BCUT2D eigenvalue weighted by molar-refractivity contribution is 0.0459. The number of aromatic nitrogens is 3. The molecule has 4 aromatic rings. The first-order chi connectivity index (χ1) is 15.0. The van der Waals surface area contributed by atoms with Crippen LogP contribution in [0.2, 0.25) is 0 Å². The second-order valence-corrected chi connectivity index (χ2v) is 8.30. The molecule has 7 nitrogen and oxygen atoms in total. The van der Waals surface area contributed by atoms with E-state index in [1.54, 1.807) is 4.90 Å². The van der Waals surface area contributed by atoms with Crippen LogP contribution in [-0.2, 0) is 13.6 Å². The summed E-state index contributed by atoms with van der Waals surface area (Å²) in [6, 6.07) is 15.8. The quantitative estimate of drug-likeness (QED) is 0.536. The fraction of sp³-hybridized carbons (Fsp3) is 0.333. The average Bonchev–Trinajstić information content (AvgIpc) is 3.32. The topological polar surface area (TPSA) is 89.3 Å². The third kappa shape index (κ3) is 3.21. The predicted octanol–water partition coefficient (Wildman–Crippen LogP) is 2.75. The van der Waals surface area contributed by atoms with Crippen LogP contribution < -0.4 is 5.73 Å². The molecular weight excluding hydrogens is 390 g/mol. The Morgan fingerprint density at radius 3 is 2.77 bits per heavy atom. The average molecular weight is 418 g/mol. The first-order valence-electron chi connectivity index (χ1n) is 10.8. The number of nitrogens with two attached hydrogens (primary N) is 1. The molecule has 2 aromatic heterocycles. The minimum Gasteiger partial charge on any atom is -0.391 e. The van der Waals surface area contributed by atoms with E-state index in [1.165, 1.54) is 10.9 Å². The van der Waals surface area contributed by atoms with Gasteiger partial charge in [-0.3, -0.25) is 4.79 Å². The molecule has 31 heavy (non-hydrogen) atoms. The van der Waals surface area contributed by atoms with Crippen molar-refractivity contribution in [1.29, 1.82) is 0 Å². The van der Waals surface area contributed by atoms with Gasteiger partial charge in [0.15, 0.2) is 5.82 Å². The minimum absolute atomic E-state index is 0.0703. The van der Waals surface area contributed by atoms with Gasteiger partial charge in [-0.2, -0.15) is 0 Å². The van der Waals surface area contributed by atoms with E-state index in [0.717, 1.165) is 29.1 Å². The SMILES string of the molecule is CCn1c(-c2nc3cc(C(=O)N4CCC(O)C(N)C4)ccc3n2C)cc2ccccc21. The van der Waals surface area contributed by atoms with Crippen molar-refractivity contribution in [3.05, 3.63) is 54.1 Å². The second kappa shape index (κ2) is 7.51. The van der Waals surface area contributed by atoms with Crippen LogP contribution in [-0.4, -0.2) is 55.3 Å². The normalized spacial score (nSPS) is 19.4. The van der Waals surface area contributed by atoms with E-state index in [0.29, 0.717) is 25.1 Å². The van der Waals surface area contributed by atoms with Gasteiger partial charge in [0, 0.05) is 49.2 Å². The van der Waals surface area contributed by atoms with Gasteiger partial charge >= 0.3 is 0 Å². The lowest BCUT2D eigenvalue weighted by Gasteiger charge is -2.34. The Balaban J connectivity index is 1.54. The molecule has 1 saturated heterocycles. The van der Waals surface area contributed by atoms with Crippen LogP contribution in [0.5, 0.6) is 0 Å². The van der Waals surface area contributed by atoms with Gasteiger partial charge in [-0.15, -0.1) is 0 Å². The number of aliphatic hydroxyl groups is 1. The second-order valence-electron chi connectivity index (χ2n) is 8.30. The molecule has 0 spiro atoms. The van der Waals surface area contributed by atoms with E-state index in [1.807, 2.05) is 31.3 Å². The molecule has 160 valence electrons. The molecule has 1 amide bonds. The molecule has 5 rings (SSSR count). The number of carbonyl (C=O) groups excluding carboxylic acids is 1. The number of likely N-dealkylation sites (tertiary alicyclic amines) is 1. The summed E-state index contributed by atoms with van der Waals surface area (Å²) >= 11 is 0. The molecule has 0 aliphatic carbocycles. The Hall–Kier alpha value is -3.16. The van der Waals surface area contributed by atoms with Crippen molar-refractivity contribution in [2.24, 2.45) is 12.8 Å². The van der Waals surface area contributed by atoms with Gasteiger partial charge in [0.1, 0.15) is 0 Å². The van der Waals surface area contributed by atoms with Crippen molar-refractivity contribution < 1.29 is 9.90 Å². The van der Waals surface area contributed by atoms with Crippen molar-refractivity contribution in [2.45, 2.75) is 32.0 Å². The largest absolute Gasteiger partial charge is 0.391 e. The van der Waals surface area contributed by atoms with Gasteiger partial charge in [-0.25, -0.2) is 4.98 Å². The molecule has 1 aliphatic rings. The zero-order valence-corrected chi connectivity index (χ0v) is 17.8. The van der Waals surface area contributed by atoms with Crippen LogP contribution in [0.25, 0.3) is 33.5 Å². The zero-order chi connectivity index (χ0) is 21.7. The molecule has 3 N–H and O–H groups in total. The summed E-state index contributed by atoms with van der Waals surface area (Å²) in [6.45, 7) is 3.85. The van der Waals surface area contributed by atoms with Gasteiger partial charge in [0.25, 0.3) is 5.91 Å². The maximum absolute atomic E-state index is 13.0. The van der Waals surface area contributed by atoms with Gasteiger partial charge in [0.05, 0.1) is 22.8 Å². The number of imidazole rings is 1. The number of para-hydroxylation sites is 1. The van der Waals surface area contributed by atoms with Crippen molar-refractivity contribution >= 4 is 27.8 Å².